The Balaban J connectivity index is 2.43. The maximum Gasteiger partial charge on any atom is 0.335 e. The Hall–Kier alpha value is -1.56. The Morgan fingerprint density at radius 1 is 1.39 bits per heavy atom. The number of carbonyl (C=O) groups excluding carboxylic acids is 1. The Morgan fingerprint density at radius 2 is 2.00 bits per heavy atom. The number of carboxylic acids is 1. The van der Waals surface area contributed by atoms with Gasteiger partial charge in [0.1, 0.15) is 6.61 Å². The first kappa shape index (κ1) is 14.5. The van der Waals surface area contributed by atoms with E-state index in [1.807, 2.05) is 4.90 Å². The van der Waals surface area contributed by atoms with Gasteiger partial charge >= 0.3 is 11.9 Å². The molecule has 1 aliphatic rings. The van der Waals surface area contributed by atoms with Crippen LogP contribution in [0.2, 0.25) is 0 Å². The summed E-state index contributed by atoms with van der Waals surface area (Å²) in [5, 5.41) is 17.4. The largest absolute Gasteiger partial charge is 0.481 e. The van der Waals surface area contributed by atoms with E-state index in [4.69, 9.17) is 14.9 Å². The molecule has 2 N–H and O–H groups in total. The molecular weight excluding hydrogens is 238 g/mol. The van der Waals surface area contributed by atoms with Crippen molar-refractivity contribution in [3.63, 3.8) is 0 Å². The number of carbonyl (C=O) groups is 2. The van der Waals surface area contributed by atoms with Gasteiger partial charge in [-0.15, -0.1) is 0 Å². The predicted molar refractivity (Wildman–Crippen MR) is 63.7 cm³/mol. The summed E-state index contributed by atoms with van der Waals surface area (Å²) in [6, 6.07) is 0. The van der Waals surface area contributed by atoms with Gasteiger partial charge in [0.2, 0.25) is 0 Å². The molecule has 1 fully saturated rings. The van der Waals surface area contributed by atoms with Crippen LogP contribution in [-0.2, 0) is 14.3 Å². The number of ether oxygens (including phenoxy) is 1. The van der Waals surface area contributed by atoms with Crippen molar-refractivity contribution >= 4 is 11.9 Å². The van der Waals surface area contributed by atoms with E-state index in [0.717, 1.165) is 0 Å². The Bertz CT molecular complexity index is 331. The molecule has 18 heavy (non-hydrogen) atoms. The van der Waals surface area contributed by atoms with Crippen molar-refractivity contribution in [2.24, 2.45) is 5.92 Å². The fourth-order valence-electron chi connectivity index (χ4n) is 1.85. The van der Waals surface area contributed by atoms with Crippen molar-refractivity contribution in [2.75, 3.05) is 26.3 Å². The summed E-state index contributed by atoms with van der Waals surface area (Å²) >= 11 is 0. The molecule has 0 aromatic rings. The van der Waals surface area contributed by atoms with Crippen LogP contribution in [0.3, 0.4) is 0 Å². The summed E-state index contributed by atoms with van der Waals surface area (Å²) in [5.41, 5.74) is 0.456. The summed E-state index contributed by atoms with van der Waals surface area (Å²) in [4.78, 5) is 24.1. The predicted octanol–water partition coefficient (Wildman–Crippen LogP) is 0.222. The number of aliphatic hydroxyl groups is 1. The maximum absolute atomic E-state index is 11.4. The molecule has 0 spiro atoms. The van der Waals surface area contributed by atoms with E-state index in [1.54, 1.807) is 13.1 Å². The number of hydrogen-bond acceptors (Lipinski definition) is 5. The average molecular weight is 257 g/mol. The van der Waals surface area contributed by atoms with Crippen LogP contribution in [0.15, 0.2) is 11.8 Å². The minimum Gasteiger partial charge on any atom is -0.481 e. The molecule has 1 aliphatic heterocycles. The van der Waals surface area contributed by atoms with E-state index in [-0.39, 0.29) is 19.1 Å². The highest BCUT2D eigenvalue weighted by Crippen LogP contribution is 2.18. The summed E-state index contributed by atoms with van der Waals surface area (Å²) in [6.45, 7) is 2.69. The van der Waals surface area contributed by atoms with E-state index >= 15 is 0 Å². The lowest BCUT2D eigenvalue weighted by atomic mass is 9.97. The zero-order valence-electron chi connectivity index (χ0n) is 10.5. The van der Waals surface area contributed by atoms with E-state index < -0.39 is 11.9 Å². The van der Waals surface area contributed by atoms with Crippen LogP contribution in [0.1, 0.15) is 19.8 Å². The topological polar surface area (TPSA) is 87.1 Å². The van der Waals surface area contributed by atoms with E-state index in [9.17, 15) is 9.59 Å². The third kappa shape index (κ3) is 4.37. The number of esters is 1. The normalized spacial score (nSPS) is 17.7. The number of carboxylic acid groups (broad SMARTS) is 1. The second kappa shape index (κ2) is 7.00. The van der Waals surface area contributed by atoms with E-state index in [2.05, 4.69) is 0 Å². The van der Waals surface area contributed by atoms with Crippen LogP contribution in [0.5, 0.6) is 0 Å². The second-order valence-electron chi connectivity index (χ2n) is 4.32. The van der Waals surface area contributed by atoms with Crippen LogP contribution >= 0.6 is 0 Å². The van der Waals surface area contributed by atoms with Gasteiger partial charge in [-0.1, -0.05) is 0 Å². The van der Waals surface area contributed by atoms with Gasteiger partial charge in [0.05, 0.1) is 12.5 Å². The number of hydrogen-bond donors (Lipinski definition) is 2. The highest BCUT2D eigenvalue weighted by Gasteiger charge is 2.23. The fraction of sp³-hybridized carbons (Fsp3) is 0.667. The quantitative estimate of drug-likeness (QED) is 0.541. The molecule has 0 bridgehead atoms. The summed E-state index contributed by atoms with van der Waals surface area (Å²) in [7, 11) is 0. The molecule has 6 heteroatoms. The van der Waals surface area contributed by atoms with Crippen molar-refractivity contribution in [3.05, 3.63) is 11.8 Å². The third-order valence-corrected chi connectivity index (χ3v) is 2.90. The molecule has 0 aromatic carbocycles. The van der Waals surface area contributed by atoms with Crippen molar-refractivity contribution in [1.29, 1.82) is 0 Å². The Kier molecular flexibility index (Phi) is 5.64. The molecule has 0 saturated carbocycles. The highest BCUT2D eigenvalue weighted by molar-refractivity contribution is 5.87. The molecule has 0 amide bonds. The standard InChI is InChI=1S/C12H19NO5/c1-9(12(17)18-7-6-14)8-13-4-2-10(3-5-13)11(15)16/h8,10,14H,2-7H2,1H3,(H,15,16). The Labute approximate surface area is 106 Å². The van der Waals surface area contributed by atoms with Crippen molar-refractivity contribution < 1.29 is 24.5 Å². The number of likely N-dealkylation sites (tertiary alicyclic amines) is 1. The minimum absolute atomic E-state index is 0.00883. The number of rotatable bonds is 5. The number of piperidine rings is 1. The van der Waals surface area contributed by atoms with Crippen LogP contribution in [0, 0.1) is 5.92 Å². The van der Waals surface area contributed by atoms with Crippen LogP contribution < -0.4 is 0 Å². The lowest BCUT2D eigenvalue weighted by molar-refractivity contribution is -0.143. The van der Waals surface area contributed by atoms with Crippen molar-refractivity contribution in [1.82, 2.24) is 4.90 Å². The highest BCUT2D eigenvalue weighted by atomic mass is 16.5. The van der Waals surface area contributed by atoms with Crippen molar-refractivity contribution in [2.45, 2.75) is 19.8 Å². The third-order valence-electron chi connectivity index (χ3n) is 2.90. The van der Waals surface area contributed by atoms with Gasteiger partial charge in [0.25, 0.3) is 0 Å². The van der Waals surface area contributed by atoms with Gasteiger partial charge < -0.3 is 19.8 Å². The molecule has 0 atom stereocenters. The molecule has 0 unspecified atom stereocenters. The first-order chi connectivity index (χ1) is 8.54. The van der Waals surface area contributed by atoms with Gasteiger partial charge in [-0.2, -0.15) is 0 Å². The smallest absolute Gasteiger partial charge is 0.335 e. The maximum atomic E-state index is 11.4. The minimum atomic E-state index is -0.752. The lowest BCUT2D eigenvalue weighted by Gasteiger charge is -2.29. The van der Waals surface area contributed by atoms with E-state index in [1.165, 1.54) is 0 Å². The first-order valence-corrected chi connectivity index (χ1v) is 5.98. The van der Waals surface area contributed by atoms with Crippen molar-refractivity contribution in [3.8, 4) is 0 Å². The summed E-state index contributed by atoms with van der Waals surface area (Å²) in [6.07, 6.45) is 2.87. The number of aliphatic hydroxyl groups excluding tert-OH is 1. The molecule has 1 heterocycles. The van der Waals surface area contributed by atoms with Gasteiger partial charge in [0.15, 0.2) is 0 Å². The average Bonchev–Trinajstić information content (AvgIpc) is 2.36. The molecule has 102 valence electrons. The Morgan fingerprint density at radius 3 is 2.50 bits per heavy atom. The van der Waals surface area contributed by atoms with Gasteiger partial charge in [-0.05, 0) is 19.8 Å². The monoisotopic (exact) mass is 257 g/mol. The molecule has 1 saturated heterocycles. The number of nitrogens with zero attached hydrogens (tertiary/aromatic N) is 1. The molecule has 6 nitrogen and oxygen atoms in total. The molecule has 0 aromatic heterocycles. The summed E-state index contributed by atoms with van der Waals surface area (Å²) < 4.78 is 4.78. The zero-order chi connectivity index (χ0) is 13.5. The van der Waals surface area contributed by atoms with Crippen LogP contribution in [-0.4, -0.2) is 53.4 Å². The molecule has 0 radical (unpaired) electrons. The zero-order valence-corrected chi connectivity index (χ0v) is 10.5. The second-order valence-corrected chi connectivity index (χ2v) is 4.32. The lowest BCUT2D eigenvalue weighted by Crippen LogP contribution is -2.33. The first-order valence-electron chi connectivity index (χ1n) is 5.98. The van der Waals surface area contributed by atoms with Crippen LogP contribution in [0.4, 0.5) is 0 Å². The summed E-state index contributed by atoms with van der Waals surface area (Å²) in [5.74, 6) is -1.49. The number of aliphatic carboxylic acids is 1. The SMILES string of the molecule is CC(=CN1CCC(C(=O)O)CC1)C(=O)OCCO. The van der Waals surface area contributed by atoms with Gasteiger partial charge in [-0.25, -0.2) is 4.79 Å². The van der Waals surface area contributed by atoms with Crippen LogP contribution in [0.25, 0.3) is 0 Å². The molecule has 1 rings (SSSR count). The van der Waals surface area contributed by atoms with Gasteiger partial charge in [0, 0.05) is 24.9 Å². The van der Waals surface area contributed by atoms with E-state index in [0.29, 0.717) is 31.5 Å². The fourth-order valence-corrected chi connectivity index (χ4v) is 1.85. The molecular formula is C12H19NO5. The van der Waals surface area contributed by atoms with Gasteiger partial charge in [-0.3, -0.25) is 4.79 Å². The molecule has 0 aliphatic carbocycles.